The summed E-state index contributed by atoms with van der Waals surface area (Å²) in [5.41, 5.74) is 2.01. The lowest BCUT2D eigenvalue weighted by Crippen LogP contribution is -2.11. The maximum atomic E-state index is 11.3. The summed E-state index contributed by atoms with van der Waals surface area (Å²) in [5, 5.41) is 21.1. The number of nitrogens with zero attached hydrogens (tertiary/aromatic N) is 1. The van der Waals surface area contributed by atoms with Crippen molar-refractivity contribution < 1.29 is 27.4 Å². The van der Waals surface area contributed by atoms with E-state index in [9.17, 15) is 23.6 Å². The molecule has 0 amide bonds. The summed E-state index contributed by atoms with van der Waals surface area (Å²) >= 11 is 0. The summed E-state index contributed by atoms with van der Waals surface area (Å²) in [7, 11) is -3.42. The zero-order valence-corrected chi connectivity index (χ0v) is 18.2. The Hall–Kier alpha value is -3.43. The van der Waals surface area contributed by atoms with Gasteiger partial charge in [0.05, 0.1) is 22.0 Å². The van der Waals surface area contributed by atoms with E-state index in [2.05, 4.69) is 4.18 Å². The number of nitro groups is 1. The van der Waals surface area contributed by atoms with E-state index < -0.39 is 15.0 Å². The Morgan fingerprint density at radius 3 is 2.50 bits per heavy atom. The van der Waals surface area contributed by atoms with Crippen LogP contribution in [0.15, 0.2) is 71.6 Å². The molecule has 0 fully saturated rings. The number of phenolic OH excluding ortho intramolecular Hbond substituents is 1. The van der Waals surface area contributed by atoms with Crippen LogP contribution in [0.4, 0.5) is 5.69 Å². The highest BCUT2D eigenvalue weighted by Crippen LogP contribution is 2.37. The van der Waals surface area contributed by atoms with Crippen LogP contribution in [0, 0.1) is 10.1 Å². The minimum atomic E-state index is -3.42. The molecular formula is C23H23NO7S. The van der Waals surface area contributed by atoms with Crippen molar-refractivity contribution in [1.82, 2.24) is 0 Å². The van der Waals surface area contributed by atoms with Crippen molar-refractivity contribution in [3.63, 3.8) is 0 Å². The van der Waals surface area contributed by atoms with Crippen LogP contribution < -0.4 is 4.74 Å². The Morgan fingerprint density at radius 2 is 1.84 bits per heavy atom. The van der Waals surface area contributed by atoms with Crippen LogP contribution in [0.25, 0.3) is 0 Å². The molecule has 2 bridgehead atoms. The predicted octanol–water partition coefficient (Wildman–Crippen LogP) is 4.74. The van der Waals surface area contributed by atoms with Crippen molar-refractivity contribution in [1.29, 1.82) is 0 Å². The van der Waals surface area contributed by atoms with Gasteiger partial charge in [0.1, 0.15) is 12.4 Å². The monoisotopic (exact) mass is 457 g/mol. The smallest absolute Gasteiger partial charge is 0.317 e. The summed E-state index contributed by atoms with van der Waals surface area (Å²) in [4.78, 5) is 11.1. The normalized spacial score (nSPS) is 13.5. The molecule has 0 saturated heterocycles. The molecular weight excluding hydrogens is 434 g/mol. The van der Waals surface area contributed by atoms with Crippen molar-refractivity contribution >= 4 is 15.8 Å². The van der Waals surface area contributed by atoms with Gasteiger partial charge in [-0.05, 0) is 41.8 Å². The molecule has 8 nitrogen and oxygen atoms in total. The van der Waals surface area contributed by atoms with E-state index in [1.54, 1.807) is 12.1 Å². The lowest BCUT2D eigenvalue weighted by atomic mass is 10.1. The third-order valence-corrected chi connectivity index (χ3v) is 5.97. The van der Waals surface area contributed by atoms with Gasteiger partial charge in [-0.25, -0.2) is 0 Å². The molecule has 0 atom stereocenters. The lowest BCUT2D eigenvalue weighted by Gasteiger charge is -2.11. The standard InChI is InChI=1S/C16H17NO4.C7H6O3S/c1-2-6-13-14(18)9-10-15(16(13)17(19)20)21-11-12-7-4-3-5-8-12;8-11(9)7-3-1-2-6(4-7)5-10-11/h3-5,7-10,18H,2,6,11H2,1H3;1-4H,5H2. The van der Waals surface area contributed by atoms with E-state index in [1.165, 1.54) is 18.2 Å². The summed E-state index contributed by atoms with van der Waals surface area (Å²) in [6.45, 7) is 2.31. The summed E-state index contributed by atoms with van der Waals surface area (Å²) < 4.78 is 32.2. The van der Waals surface area contributed by atoms with Gasteiger partial charge in [0.15, 0.2) is 5.75 Å². The molecule has 0 saturated carbocycles. The third-order valence-electron chi connectivity index (χ3n) is 4.71. The highest BCUT2D eigenvalue weighted by atomic mass is 32.2. The van der Waals surface area contributed by atoms with Gasteiger partial charge in [0.25, 0.3) is 10.1 Å². The second kappa shape index (κ2) is 10.3. The van der Waals surface area contributed by atoms with Gasteiger partial charge < -0.3 is 9.84 Å². The number of rotatable bonds is 6. The predicted molar refractivity (Wildman–Crippen MR) is 118 cm³/mol. The molecule has 3 aromatic carbocycles. The minimum absolute atomic E-state index is 0.0596. The van der Waals surface area contributed by atoms with Gasteiger partial charge in [-0.2, -0.15) is 8.42 Å². The Balaban J connectivity index is 0.000000219. The SMILES string of the molecule is CCCc1c(O)ccc(OCc2ccccc2)c1[N+](=O)[O-].O=S1(=O)OCc2cccc1c2. The van der Waals surface area contributed by atoms with Crippen LogP contribution in [-0.4, -0.2) is 18.4 Å². The van der Waals surface area contributed by atoms with Gasteiger partial charge in [-0.1, -0.05) is 55.8 Å². The van der Waals surface area contributed by atoms with Crippen LogP contribution in [0.3, 0.4) is 0 Å². The first-order chi connectivity index (χ1) is 15.3. The molecule has 0 spiro atoms. The van der Waals surface area contributed by atoms with Crippen molar-refractivity contribution in [3.8, 4) is 11.5 Å². The minimum Gasteiger partial charge on any atom is -0.507 e. The van der Waals surface area contributed by atoms with Crippen LogP contribution in [0.5, 0.6) is 11.5 Å². The van der Waals surface area contributed by atoms with Gasteiger partial charge in [0, 0.05) is 0 Å². The number of fused-ring (bicyclic) bond motifs is 2. The zero-order chi connectivity index (χ0) is 23.1. The van der Waals surface area contributed by atoms with Crippen LogP contribution in [-0.2, 0) is 33.9 Å². The number of hydrogen-bond acceptors (Lipinski definition) is 7. The molecule has 168 valence electrons. The van der Waals surface area contributed by atoms with Crippen LogP contribution in [0.2, 0.25) is 0 Å². The largest absolute Gasteiger partial charge is 0.507 e. The van der Waals surface area contributed by atoms with E-state index in [1.807, 2.05) is 43.3 Å². The lowest BCUT2D eigenvalue weighted by molar-refractivity contribution is -0.386. The Bertz CT molecular complexity index is 1190. The van der Waals surface area contributed by atoms with Gasteiger partial charge in [-0.3, -0.25) is 14.3 Å². The van der Waals surface area contributed by atoms with Crippen molar-refractivity contribution in [2.45, 2.75) is 37.9 Å². The number of benzene rings is 3. The fraction of sp³-hybridized carbons (Fsp3) is 0.217. The number of aromatic hydroxyl groups is 1. The van der Waals surface area contributed by atoms with Crippen molar-refractivity contribution in [2.75, 3.05) is 0 Å². The Labute approximate surface area is 186 Å². The summed E-state index contributed by atoms with van der Waals surface area (Å²) in [6.07, 6.45) is 1.14. The number of hydrogen-bond donors (Lipinski definition) is 1. The highest BCUT2D eigenvalue weighted by molar-refractivity contribution is 7.86. The highest BCUT2D eigenvalue weighted by Gasteiger charge is 2.24. The van der Waals surface area contributed by atoms with Crippen LogP contribution >= 0.6 is 0 Å². The molecule has 4 rings (SSSR count). The quantitative estimate of drug-likeness (QED) is 0.323. The first-order valence-electron chi connectivity index (χ1n) is 9.96. The molecule has 1 aliphatic rings. The molecule has 0 unspecified atom stereocenters. The van der Waals surface area contributed by atoms with Gasteiger partial charge in [-0.15, -0.1) is 0 Å². The molecule has 0 aliphatic carbocycles. The topological polar surface area (TPSA) is 116 Å². The summed E-state index contributed by atoms with van der Waals surface area (Å²) in [6, 6.07) is 19.0. The Morgan fingerprint density at radius 1 is 1.09 bits per heavy atom. The molecule has 9 heteroatoms. The summed E-state index contributed by atoms with van der Waals surface area (Å²) in [5.74, 6) is 0.126. The van der Waals surface area contributed by atoms with Gasteiger partial charge in [0.2, 0.25) is 0 Å². The zero-order valence-electron chi connectivity index (χ0n) is 17.4. The molecule has 3 aromatic rings. The maximum Gasteiger partial charge on any atom is 0.317 e. The molecule has 1 N–H and O–H groups in total. The maximum absolute atomic E-state index is 11.3. The average Bonchev–Trinajstić information content (AvgIpc) is 2.78. The molecule has 32 heavy (non-hydrogen) atoms. The van der Waals surface area contributed by atoms with Crippen molar-refractivity contribution in [3.05, 3.63) is 93.5 Å². The van der Waals surface area contributed by atoms with E-state index in [4.69, 9.17) is 4.74 Å². The van der Waals surface area contributed by atoms with Crippen molar-refractivity contribution in [2.24, 2.45) is 0 Å². The molecule has 1 aliphatic heterocycles. The van der Waals surface area contributed by atoms with E-state index in [-0.39, 0.29) is 35.3 Å². The third kappa shape index (κ3) is 5.63. The number of nitro benzene ring substituents is 1. The number of phenols is 1. The number of ether oxygens (including phenoxy) is 1. The second-order valence-corrected chi connectivity index (χ2v) is 8.67. The van der Waals surface area contributed by atoms with Crippen LogP contribution in [0.1, 0.15) is 30.0 Å². The first kappa shape index (κ1) is 23.2. The fourth-order valence-electron chi connectivity index (χ4n) is 3.16. The molecule has 0 aromatic heterocycles. The molecule has 1 heterocycles. The second-order valence-electron chi connectivity index (χ2n) is 7.06. The first-order valence-corrected chi connectivity index (χ1v) is 11.4. The fourth-order valence-corrected chi connectivity index (χ4v) is 4.13. The average molecular weight is 458 g/mol. The molecule has 0 radical (unpaired) electrons. The Kier molecular flexibility index (Phi) is 7.45. The van der Waals surface area contributed by atoms with E-state index in [0.29, 0.717) is 18.4 Å². The van der Waals surface area contributed by atoms with Gasteiger partial charge >= 0.3 is 5.69 Å². The van der Waals surface area contributed by atoms with E-state index in [0.717, 1.165) is 11.1 Å². The van der Waals surface area contributed by atoms with E-state index >= 15 is 0 Å².